The standard InChI is InChI=1S/C18H17F3N2O4/c1-10(2)15(17(25)26)23-16(24)11-3-6-13(7-4-11)27-14-8-5-12(9-22-14)18(19,20)21/h3-10,15H,1-2H3,(H,23,24)(H,25,26). The van der Waals surface area contributed by atoms with E-state index in [-0.39, 0.29) is 23.1 Å². The lowest BCUT2D eigenvalue weighted by atomic mass is 10.0. The van der Waals surface area contributed by atoms with E-state index in [1.807, 2.05) is 0 Å². The third-order valence-electron chi connectivity index (χ3n) is 3.62. The SMILES string of the molecule is CC(C)C(NC(=O)c1ccc(Oc2ccc(C(F)(F)F)cn2)cc1)C(=O)O. The van der Waals surface area contributed by atoms with E-state index in [1.54, 1.807) is 13.8 Å². The lowest BCUT2D eigenvalue weighted by Crippen LogP contribution is -2.44. The number of halogens is 3. The molecule has 0 aliphatic rings. The summed E-state index contributed by atoms with van der Waals surface area (Å²) in [5.41, 5.74) is -0.672. The van der Waals surface area contributed by atoms with Gasteiger partial charge in [-0.05, 0) is 36.2 Å². The zero-order valence-electron chi connectivity index (χ0n) is 14.4. The summed E-state index contributed by atoms with van der Waals surface area (Å²) in [5.74, 6) is -1.76. The lowest BCUT2D eigenvalue weighted by molar-refractivity contribution is -0.140. The van der Waals surface area contributed by atoms with Gasteiger partial charge in [0, 0.05) is 17.8 Å². The van der Waals surface area contributed by atoms with Crippen LogP contribution in [0.25, 0.3) is 0 Å². The molecule has 144 valence electrons. The fraction of sp³-hybridized carbons (Fsp3) is 0.278. The van der Waals surface area contributed by atoms with Gasteiger partial charge < -0.3 is 15.2 Å². The Labute approximate surface area is 153 Å². The Hall–Kier alpha value is -3.10. The molecule has 0 radical (unpaired) electrons. The second-order valence-electron chi connectivity index (χ2n) is 6.04. The van der Waals surface area contributed by atoms with Crippen LogP contribution in [0, 0.1) is 5.92 Å². The maximum absolute atomic E-state index is 12.5. The summed E-state index contributed by atoms with van der Waals surface area (Å²) in [7, 11) is 0. The van der Waals surface area contributed by atoms with E-state index >= 15 is 0 Å². The van der Waals surface area contributed by atoms with Crippen LogP contribution in [-0.4, -0.2) is 28.0 Å². The topological polar surface area (TPSA) is 88.5 Å². The Morgan fingerprint density at radius 2 is 1.74 bits per heavy atom. The maximum Gasteiger partial charge on any atom is 0.417 e. The summed E-state index contributed by atoms with van der Waals surface area (Å²) in [6.45, 7) is 3.35. The molecular weight excluding hydrogens is 365 g/mol. The number of nitrogens with zero attached hydrogens (tertiary/aromatic N) is 1. The number of ether oxygens (including phenoxy) is 1. The molecule has 6 nitrogen and oxygen atoms in total. The zero-order valence-corrected chi connectivity index (χ0v) is 14.4. The number of carboxylic acid groups (broad SMARTS) is 1. The number of alkyl halides is 3. The smallest absolute Gasteiger partial charge is 0.417 e. The summed E-state index contributed by atoms with van der Waals surface area (Å²) in [4.78, 5) is 26.9. The van der Waals surface area contributed by atoms with Crippen LogP contribution >= 0.6 is 0 Å². The Morgan fingerprint density at radius 3 is 2.19 bits per heavy atom. The van der Waals surface area contributed by atoms with Crippen LogP contribution < -0.4 is 10.1 Å². The number of benzene rings is 1. The molecule has 1 heterocycles. The minimum Gasteiger partial charge on any atom is -0.480 e. The highest BCUT2D eigenvalue weighted by Crippen LogP contribution is 2.30. The summed E-state index contributed by atoms with van der Waals surface area (Å²) >= 11 is 0. The van der Waals surface area contributed by atoms with E-state index in [4.69, 9.17) is 9.84 Å². The molecule has 1 amide bonds. The van der Waals surface area contributed by atoms with Crippen molar-refractivity contribution in [3.8, 4) is 11.6 Å². The molecule has 0 bridgehead atoms. The first-order valence-electron chi connectivity index (χ1n) is 7.92. The molecule has 0 saturated heterocycles. The highest BCUT2D eigenvalue weighted by molar-refractivity contribution is 5.96. The molecule has 1 atom stereocenters. The number of carboxylic acids is 1. The van der Waals surface area contributed by atoms with Crippen LogP contribution in [-0.2, 0) is 11.0 Å². The molecule has 1 unspecified atom stereocenters. The number of aliphatic carboxylic acids is 1. The van der Waals surface area contributed by atoms with Crippen molar-refractivity contribution in [2.45, 2.75) is 26.1 Å². The number of pyridine rings is 1. The Balaban J connectivity index is 2.04. The van der Waals surface area contributed by atoms with Gasteiger partial charge in [-0.2, -0.15) is 13.2 Å². The summed E-state index contributed by atoms with van der Waals surface area (Å²) < 4.78 is 42.8. The molecule has 2 rings (SSSR count). The van der Waals surface area contributed by atoms with Crippen LogP contribution in [0.2, 0.25) is 0 Å². The van der Waals surface area contributed by atoms with Crippen LogP contribution in [0.4, 0.5) is 13.2 Å². The average Bonchev–Trinajstić information content (AvgIpc) is 2.59. The number of nitrogens with one attached hydrogen (secondary N) is 1. The van der Waals surface area contributed by atoms with Gasteiger partial charge in [0.25, 0.3) is 5.91 Å². The number of carbonyl (C=O) groups excluding carboxylic acids is 1. The van der Waals surface area contributed by atoms with Gasteiger partial charge in [-0.1, -0.05) is 13.8 Å². The molecule has 9 heteroatoms. The van der Waals surface area contributed by atoms with Crippen molar-refractivity contribution in [2.24, 2.45) is 5.92 Å². The van der Waals surface area contributed by atoms with Gasteiger partial charge in [0.05, 0.1) is 5.56 Å². The van der Waals surface area contributed by atoms with E-state index < -0.39 is 29.7 Å². The van der Waals surface area contributed by atoms with Crippen molar-refractivity contribution in [1.29, 1.82) is 0 Å². The quantitative estimate of drug-likeness (QED) is 0.795. The van der Waals surface area contributed by atoms with Crippen molar-refractivity contribution in [2.75, 3.05) is 0 Å². The van der Waals surface area contributed by atoms with E-state index in [9.17, 15) is 22.8 Å². The molecule has 1 aromatic carbocycles. The van der Waals surface area contributed by atoms with Gasteiger partial charge in [0.2, 0.25) is 5.88 Å². The number of aromatic nitrogens is 1. The van der Waals surface area contributed by atoms with Gasteiger partial charge in [-0.25, -0.2) is 9.78 Å². The lowest BCUT2D eigenvalue weighted by Gasteiger charge is -2.17. The fourth-order valence-corrected chi connectivity index (χ4v) is 2.14. The van der Waals surface area contributed by atoms with E-state index in [1.165, 1.54) is 24.3 Å². The molecule has 2 N–H and O–H groups in total. The number of carbonyl (C=O) groups is 2. The third kappa shape index (κ3) is 5.44. The molecule has 0 aliphatic carbocycles. The van der Waals surface area contributed by atoms with Gasteiger partial charge in [0.15, 0.2) is 0 Å². The van der Waals surface area contributed by atoms with Crippen LogP contribution in [0.15, 0.2) is 42.6 Å². The van der Waals surface area contributed by atoms with Crippen molar-refractivity contribution < 1.29 is 32.6 Å². The normalized spacial score (nSPS) is 12.5. The molecule has 0 spiro atoms. The van der Waals surface area contributed by atoms with Crippen molar-refractivity contribution in [1.82, 2.24) is 10.3 Å². The third-order valence-corrected chi connectivity index (χ3v) is 3.62. The second kappa shape index (κ2) is 8.07. The van der Waals surface area contributed by atoms with Crippen LogP contribution in [0.3, 0.4) is 0 Å². The molecule has 0 aliphatic heterocycles. The minimum absolute atomic E-state index is 0.0362. The first-order chi connectivity index (χ1) is 12.6. The van der Waals surface area contributed by atoms with Crippen molar-refractivity contribution in [3.63, 3.8) is 0 Å². The molecule has 0 saturated carbocycles. The van der Waals surface area contributed by atoms with E-state index in [2.05, 4.69) is 10.3 Å². The Morgan fingerprint density at radius 1 is 1.11 bits per heavy atom. The van der Waals surface area contributed by atoms with Crippen LogP contribution in [0.5, 0.6) is 11.6 Å². The predicted octanol–water partition coefficient (Wildman–Crippen LogP) is 3.73. The maximum atomic E-state index is 12.5. The highest BCUT2D eigenvalue weighted by atomic mass is 19.4. The van der Waals surface area contributed by atoms with E-state index in [0.717, 1.165) is 12.1 Å². The van der Waals surface area contributed by atoms with Gasteiger partial charge in [-0.3, -0.25) is 4.79 Å². The zero-order chi connectivity index (χ0) is 20.2. The average molecular weight is 382 g/mol. The first kappa shape index (κ1) is 20.2. The van der Waals surface area contributed by atoms with Gasteiger partial charge in [-0.15, -0.1) is 0 Å². The van der Waals surface area contributed by atoms with Gasteiger partial charge in [0.1, 0.15) is 11.8 Å². The highest BCUT2D eigenvalue weighted by Gasteiger charge is 2.30. The molecular formula is C18H17F3N2O4. The van der Waals surface area contributed by atoms with Gasteiger partial charge >= 0.3 is 12.1 Å². The van der Waals surface area contributed by atoms with Crippen molar-refractivity contribution >= 4 is 11.9 Å². The summed E-state index contributed by atoms with van der Waals surface area (Å²) in [6.07, 6.45) is -3.82. The summed E-state index contributed by atoms with van der Waals surface area (Å²) in [5, 5.41) is 11.5. The summed E-state index contributed by atoms with van der Waals surface area (Å²) in [6, 6.07) is 6.59. The Bertz CT molecular complexity index is 803. The number of amides is 1. The Kier molecular flexibility index (Phi) is 6.04. The largest absolute Gasteiger partial charge is 0.480 e. The second-order valence-corrected chi connectivity index (χ2v) is 6.04. The first-order valence-corrected chi connectivity index (χ1v) is 7.92. The molecule has 1 aromatic heterocycles. The fourth-order valence-electron chi connectivity index (χ4n) is 2.14. The monoisotopic (exact) mass is 382 g/mol. The number of hydrogen-bond donors (Lipinski definition) is 2. The number of rotatable bonds is 6. The minimum atomic E-state index is -4.48. The number of hydrogen-bond acceptors (Lipinski definition) is 4. The van der Waals surface area contributed by atoms with E-state index in [0.29, 0.717) is 6.20 Å². The predicted molar refractivity (Wildman–Crippen MR) is 89.5 cm³/mol. The van der Waals surface area contributed by atoms with Crippen LogP contribution in [0.1, 0.15) is 29.8 Å². The molecule has 2 aromatic rings. The molecule has 0 fully saturated rings. The molecule has 27 heavy (non-hydrogen) atoms. The van der Waals surface area contributed by atoms with Crippen molar-refractivity contribution in [3.05, 3.63) is 53.7 Å².